The summed E-state index contributed by atoms with van der Waals surface area (Å²) in [5.41, 5.74) is 3.36. The van der Waals surface area contributed by atoms with E-state index in [4.69, 9.17) is 4.98 Å². The average molecular weight is 506 g/mol. The third-order valence-corrected chi connectivity index (χ3v) is 9.21. The molecule has 1 aliphatic rings. The number of aryl methyl sites for hydroxylation is 1. The number of aromatic nitrogens is 4. The normalized spacial score (nSPS) is 18.8. The summed E-state index contributed by atoms with van der Waals surface area (Å²) in [4.78, 5) is 7.61. The van der Waals surface area contributed by atoms with Crippen molar-refractivity contribution in [3.63, 3.8) is 0 Å². The van der Waals surface area contributed by atoms with Crippen molar-refractivity contribution in [1.82, 2.24) is 23.6 Å². The van der Waals surface area contributed by atoms with Crippen LogP contribution >= 0.6 is 0 Å². The number of fused-ring (bicyclic) bond motifs is 1. The molecule has 0 aliphatic heterocycles. The molecule has 8 heteroatoms. The molecule has 4 aromatic rings. The van der Waals surface area contributed by atoms with Crippen LogP contribution in [0.1, 0.15) is 57.4 Å². The number of hydrogen-bond acceptors (Lipinski definition) is 5. The van der Waals surface area contributed by atoms with E-state index in [1.165, 1.54) is 28.8 Å². The lowest BCUT2D eigenvalue weighted by molar-refractivity contribution is 0.156. The molecule has 0 saturated heterocycles. The number of benzene rings is 1. The van der Waals surface area contributed by atoms with E-state index in [1.807, 2.05) is 25.5 Å². The highest BCUT2D eigenvalue weighted by Gasteiger charge is 2.28. The Morgan fingerprint density at radius 1 is 1.03 bits per heavy atom. The van der Waals surface area contributed by atoms with Crippen molar-refractivity contribution in [1.29, 1.82) is 0 Å². The van der Waals surface area contributed by atoms with E-state index in [1.54, 1.807) is 41.3 Å². The summed E-state index contributed by atoms with van der Waals surface area (Å²) in [5.74, 6) is 0.439. The summed E-state index contributed by atoms with van der Waals surface area (Å²) in [6.07, 6.45) is 13.1. The Balaban J connectivity index is 1.53. The number of hydrogen-bond donors (Lipinski definition) is 0. The van der Waals surface area contributed by atoms with Crippen LogP contribution < -0.4 is 0 Å². The first kappa shape index (κ1) is 24.7. The molecule has 190 valence electrons. The SMILES string of the molecule is CCCN(CC)[C@H]1CC[C@H](c2cnc3c(c2)c(-c2cnn(C)c2)cn3S(=O)(=O)c2ccccc2)CC1. The van der Waals surface area contributed by atoms with Crippen LogP contribution in [0.3, 0.4) is 0 Å². The zero-order valence-electron chi connectivity index (χ0n) is 21.3. The van der Waals surface area contributed by atoms with Gasteiger partial charge >= 0.3 is 0 Å². The van der Waals surface area contributed by atoms with E-state index in [-0.39, 0.29) is 4.90 Å². The molecular weight excluding hydrogens is 470 g/mol. The van der Waals surface area contributed by atoms with Crippen molar-refractivity contribution in [3.05, 3.63) is 66.7 Å². The molecule has 0 N–H and O–H groups in total. The lowest BCUT2D eigenvalue weighted by atomic mass is 9.81. The molecule has 1 saturated carbocycles. The van der Waals surface area contributed by atoms with Gasteiger partial charge in [-0.1, -0.05) is 32.0 Å². The average Bonchev–Trinajstić information content (AvgIpc) is 3.51. The number of rotatable bonds is 8. The number of pyridine rings is 1. The third kappa shape index (κ3) is 4.60. The van der Waals surface area contributed by atoms with E-state index < -0.39 is 10.0 Å². The van der Waals surface area contributed by atoms with Gasteiger partial charge in [-0.25, -0.2) is 17.4 Å². The van der Waals surface area contributed by atoms with Crippen LogP contribution in [-0.4, -0.2) is 51.2 Å². The fourth-order valence-corrected chi connectivity index (χ4v) is 7.00. The number of nitrogens with zero attached hydrogens (tertiary/aromatic N) is 5. The van der Waals surface area contributed by atoms with Gasteiger partial charge in [-0.05, 0) is 74.9 Å². The molecule has 7 nitrogen and oxygen atoms in total. The zero-order valence-corrected chi connectivity index (χ0v) is 22.2. The Kier molecular flexibility index (Phi) is 6.99. The van der Waals surface area contributed by atoms with Gasteiger partial charge in [0.2, 0.25) is 0 Å². The van der Waals surface area contributed by atoms with Crippen molar-refractivity contribution in [2.24, 2.45) is 7.05 Å². The van der Waals surface area contributed by atoms with Crippen molar-refractivity contribution >= 4 is 21.1 Å². The van der Waals surface area contributed by atoms with Gasteiger partial charge in [0, 0.05) is 48.2 Å². The smallest absolute Gasteiger partial charge is 0.269 e. The Hall–Kier alpha value is -2.97. The molecule has 36 heavy (non-hydrogen) atoms. The first-order valence-corrected chi connectivity index (χ1v) is 14.4. The lowest BCUT2D eigenvalue weighted by Gasteiger charge is -2.36. The maximum absolute atomic E-state index is 13.6. The van der Waals surface area contributed by atoms with Crippen molar-refractivity contribution in [2.75, 3.05) is 13.1 Å². The maximum Gasteiger partial charge on any atom is 0.269 e. The quantitative estimate of drug-likeness (QED) is 0.319. The van der Waals surface area contributed by atoms with Crippen molar-refractivity contribution < 1.29 is 8.42 Å². The molecular formula is C28H35N5O2S. The summed E-state index contributed by atoms with van der Waals surface area (Å²) in [6.45, 7) is 6.78. The van der Waals surface area contributed by atoms with E-state index >= 15 is 0 Å². The summed E-state index contributed by atoms with van der Waals surface area (Å²) in [6, 6.07) is 11.4. The molecule has 0 bridgehead atoms. The van der Waals surface area contributed by atoms with Gasteiger partial charge in [0.25, 0.3) is 10.0 Å². The molecule has 1 aromatic carbocycles. The molecule has 1 fully saturated rings. The fourth-order valence-electron chi connectivity index (χ4n) is 5.66. The highest BCUT2D eigenvalue weighted by atomic mass is 32.2. The molecule has 0 atom stereocenters. The van der Waals surface area contributed by atoms with E-state index in [2.05, 4.69) is 29.9 Å². The van der Waals surface area contributed by atoms with Crippen LogP contribution in [0, 0.1) is 0 Å². The summed E-state index contributed by atoms with van der Waals surface area (Å²) >= 11 is 0. The Morgan fingerprint density at radius 2 is 1.78 bits per heavy atom. The minimum absolute atomic E-state index is 0.247. The minimum atomic E-state index is -3.79. The monoisotopic (exact) mass is 505 g/mol. The van der Waals surface area contributed by atoms with Crippen molar-refractivity contribution in [2.45, 2.75) is 62.8 Å². The van der Waals surface area contributed by atoms with E-state index in [0.717, 1.165) is 42.4 Å². The van der Waals surface area contributed by atoms with Crippen LogP contribution in [0.15, 0.2) is 66.1 Å². The Bertz CT molecular complexity index is 1430. The van der Waals surface area contributed by atoms with Crippen LogP contribution in [0.2, 0.25) is 0 Å². The van der Waals surface area contributed by atoms with Crippen LogP contribution in [0.4, 0.5) is 0 Å². The van der Waals surface area contributed by atoms with Gasteiger partial charge in [-0.15, -0.1) is 0 Å². The van der Waals surface area contributed by atoms with Gasteiger partial charge in [0.05, 0.1) is 11.1 Å². The first-order valence-electron chi connectivity index (χ1n) is 13.0. The molecule has 0 unspecified atom stereocenters. The second kappa shape index (κ2) is 10.2. The second-order valence-electron chi connectivity index (χ2n) is 9.83. The van der Waals surface area contributed by atoms with Crippen LogP contribution in [0.25, 0.3) is 22.2 Å². The minimum Gasteiger partial charge on any atom is -0.301 e. The first-order chi connectivity index (χ1) is 17.4. The second-order valence-corrected chi connectivity index (χ2v) is 11.6. The maximum atomic E-state index is 13.6. The highest BCUT2D eigenvalue weighted by molar-refractivity contribution is 7.90. The molecule has 0 radical (unpaired) electrons. The fraction of sp³-hybridized carbons (Fsp3) is 0.429. The molecule has 3 aromatic heterocycles. The summed E-state index contributed by atoms with van der Waals surface area (Å²) in [7, 11) is -1.92. The molecule has 3 heterocycles. The van der Waals surface area contributed by atoms with Gasteiger partial charge in [-0.2, -0.15) is 5.10 Å². The summed E-state index contributed by atoms with van der Waals surface area (Å²) in [5, 5.41) is 5.17. The standard InChI is InChI=1S/C28H35N5O2S/c1-4-15-32(5-2)24-13-11-21(12-14-24)22-16-26-27(23-18-30-31(3)19-23)20-33(28(26)29-17-22)36(34,35)25-9-7-6-8-10-25/h6-10,16-21,24H,4-5,11-15H2,1-3H3/t21-,24-. The largest absolute Gasteiger partial charge is 0.301 e. The van der Waals surface area contributed by atoms with E-state index in [0.29, 0.717) is 17.6 Å². The van der Waals surface area contributed by atoms with Crippen molar-refractivity contribution in [3.8, 4) is 11.1 Å². The Morgan fingerprint density at radius 3 is 2.42 bits per heavy atom. The van der Waals surface area contributed by atoms with Gasteiger partial charge in [0.15, 0.2) is 5.65 Å². The van der Waals surface area contributed by atoms with E-state index in [9.17, 15) is 8.42 Å². The topological polar surface area (TPSA) is 73.0 Å². The zero-order chi connectivity index (χ0) is 25.3. The van der Waals surface area contributed by atoms with Crippen LogP contribution in [0.5, 0.6) is 0 Å². The molecule has 1 aliphatic carbocycles. The summed E-state index contributed by atoms with van der Waals surface area (Å²) < 4.78 is 30.2. The Labute approximate surface area is 213 Å². The molecule has 0 amide bonds. The lowest BCUT2D eigenvalue weighted by Crippen LogP contribution is -2.38. The van der Waals surface area contributed by atoms with Gasteiger partial charge < -0.3 is 4.90 Å². The predicted molar refractivity (Wildman–Crippen MR) is 143 cm³/mol. The predicted octanol–water partition coefficient (Wildman–Crippen LogP) is 5.43. The van der Waals surface area contributed by atoms with Gasteiger partial charge in [-0.3, -0.25) is 4.68 Å². The highest BCUT2D eigenvalue weighted by Crippen LogP contribution is 2.38. The van der Waals surface area contributed by atoms with Gasteiger partial charge in [0.1, 0.15) is 0 Å². The van der Waals surface area contributed by atoms with Crippen LogP contribution in [-0.2, 0) is 17.1 Å². The molecule has 0 spiro atoms. The molecule has 5 rings (SSSR count). The third-order valence-electron chi connectivity index (χ3n) is 7.55.